The van der Waals surface area contributed by atoms with Crippen molar-refractivity contribution in [2.24, 2.45) is 11.7 Å². The maximum atomic E-state index is 11.9. The number of hydrogen-bond acceptors (Lipinski definition) is 6. The van der Waals surface area contributed by atoms with Crippen LogP contribution in [-0.4, -0.2) is 57.4 Å². The maximum Gasteiger partial charge on any atom is 0.327 e. The molecule has 1 heterocycles. The average Bonchev–Trinajstić information content (AvgIpc) is 2.58. The van der Waals surface area contributed by atoms with Gasteiger partial charge in [-0.1, -0.05) is 0 Å². The van der Waals surface area contributed by atoms with Gasteiger partial charge in [-0.3, -0.25) is 14.4 Å². The number of nitrogens with two attached hydrogens (primary N) is 1. The summed E-state index contributed by atoms with van der Waals surface area (Å²) in [6, 6.07) is -2.04. The average molecular weight is 318 g/mol. The van der Waals surface area contributed by atoms with Gasteiger partial charge in [0.15, 0.2) is 0 Å². The summed E-state index contributed by atoms with van der Waals surface area (Å²) in [5, 5.41) is 19.9. The van der Waals surface area contributed by atoms with Crippen LogP contribution in [0.4, 0.5) is 0 Å². The lowest BCUT2D eigenvalue weighted by molar-refractivity contribution is -0.141. The number of carboxylic acids is 2. The molecule has 1 aliphatic heterocycles. The fourth-order valence-corrected chi connectivity index (χ4v) is 2.99. The Bertz CT molecular complexity index is 441. The van der Waals surface area contributed by atoms with Crippen LogP contribution in [0.5, 0.6) is 0 Å². The Morgan fingerprint density at radius 1 is 1.33 bits per heavy atom. The molecule has 0 unspecified atom stereocenters. The quantitative estimate of drug-likeness (QED) is 0.471. The van der Waals surface area contributed by atoms with E-state index in [0.29, 0.717) is 5.75 Å². The number of carboxylic acid groups (broad SMARTS) is 2. The first kappa shape index (κ1) is 17.4. The summed E-state index contributed by atoms with van der Waals surface area (Å²) in [5.74, 6) is -2.94. The number of hydrogen-bond donors (Lipinski definition) is 4. The second-order valence-corrected chi connectivity index (χ2v) is 5.93. The minimum Gasteiger partial charge on any atom is -0.480 e. The number of ketones is 1. The Kier molecular flexibility index (Phi) is 6.63. The Labute approximate surface area is 125 Å². The molecule has 9 heteroatoms. The number of rotatable bonds is 7. The van der Waals surface area contributed by atoms with E-state index in [1.54, 1.807) is 0 Å². The molecule has 21 heavy (non-hydrogen) atoms. The molecule has 1 saturated heterocycles. The van der Waals surface area contributed by atoms with Crippen LogP contribution in [0, 0.1) is 5.92 Å². The number of amides is 1. The highest BCUT2D eigenvalue weighted by molar-refractivity contribution is 7.99. The van der Waals surface area contributed by atoms with Crippen molar-refractivity contribution in [1.29, 1.82) is 0 Å². The molecule has 0 aliphatic carbocycles. The van der Waals surface area contributed by atoms with Crippen molar-refractivity contribution in [3.05, 3.63) is 0 Å². The van der Waals surface area contributed by atoms with E-state index < -0.39 is 35.8 Å². The lowest BCUT2D eigenvalue weighted by Gasteiger charge is -2.13. The molecule has 1 aliphatic rings. The third kappa shape index (κ3) is 5.72. The first-order chi connectivity index (χ1) is 9.81. The van der Waals surface area contributed by atoms with Gasteiger partial charge < -0.3 is 21.3 Å². The summed E-state index contributed by atoms with van der Waals surface area (Å²) in [4.78, 5) is 45.0. The van der Waals surface area contributed by atoms with Crippen molar-refractivity contribution in [3.63, 3.8) is 0 Å². The minimum atomic E-state index is -1.17. The van der Waals surface area contributed by atoms with Gasteiger partial charge in [0.2, 0.25) is 5.91 Å². The molecule has 1 fully saturated rings. The van der Waals surface area contributed by atoms with E-state index >= 15 is 0 Å². The smallest absolute Gasteiger partial charge is 0.327 e. The molecule has 0 saturated carbocycles. The van der Waals surface area contributed by atoms with Crippen molar-refractivity contribution in [3.8, 4) is 0 Å². The number of carbonyl (C=O) groups is 4. The molecule has 0 radical (unpaired) electrons. The number of aliphatic carboxylic acids is 2. The molecular formula is C12H18N2O6S. The highest BCUT2D eigenvalue weighted by Gasteiger charge is 2.30. The predicted octanol–water partition coefficient (Wildman–Crippen LogP) is -0.930. The summed E-state index contributed by atoms with van der Waals surface area (Å²) in [6.07, 6.45) is -0.0187. The zero-order valence-corrected chi connectivity index (χ0v) is 12.1. The molecule has 0 spiro atoms. The number of thioether (sulfide) groups is 1. The van der Waals surface area contributed by atoms with E-state index in [2.05, 4.69) is 5.32 Å². The Balaban J connectivity index is 2.46. The SMILES string of the molecule is N[C@@H](CCC(=O)C[C@H]1CSC[C@H](C(=O)O)NC1=O)C(=O)O. The highest BCUT2D eigenvalue weighted by atomic mass is 32.2. The Morgan fingerprint density at radius 2 is 2.00 bits per heavy atom. The van der Waals surface area contributed by atoms with Crippen molar-refractivity contribution in [2.45, 2.75) is 31.3 Å². The van der Waals surface area contributed by atoms with Gasteiger partial charge >= 0.3 is 11.9 Å². The summed E-state index contributed by atoms with van der Waals surface area (Å²) >= 11 is 1.30. The van der Waals surface area contributed by atoms with Crippen LogP contribution in [0.15, 0.2) is 0 Å². The van der Waals surface area contributed by atoms with Gasteiger partial charge in [-0.15, -0.1) is 0 Å². The van der Waals surface area contributed by atoms with Gasteiger partial charge in [0.05, 0.1) is 5.92 Å². The fourth-order valence-electron chi connectivity index (χ4n) is 1.84. The largest absolute Gasteiger partial charge is 0.480 e. The van der Waals surface area contributed by atoms with E-state index in [0.717, 1.165) is 0 Å². The molecule has 0 aromatic heterocycles. The fraction of sp³-hybridized carbons (Fsp3) is 0.667. The van der Waals surface area contributed by atoms with Crippen molar-refractivity contribution >= 4 is 35.4 Å². The van der Waals surface area contributed by atoms with E-state index in [1.807, 2.05) is 0 Å². The monoisotopic (exact) mass is 318 g/mol. The van der Waals surface area contributed by atoms with Crippen LogP contribution in [0.25, 0.3) is 0 Å². The normalized spacial score (nSPS) is 23.8. The van der Waals surface area contributed by atoms with Crippen molar-refractivity contribution in [2.75, 3.05) is 11.5 Å². The Hall–Kier alpha value is -1.61. The van der Waals surface area contributed by atoms with Crippen LogP contribution in [0.2, 0.25) is 0 Å². The number of nitrogens with one attached hydrogen (secondary N) is 1. The van der Waals surface area contributed by atoms with Crippen LogP contribution < -0.4 is 11.1 Å². The summed E-state index contributed by atoms with van der Waals surface area (Å²) in [6.45, 7) is 0. The molecule has 8 nitrogen and oxygen atoms in total. The molecule has 0 aromatic carbocycles. The summed E-state index contributed by atoms with van der Waals surface area (Å²) in [7, 11) is 0. The number of carbonyl (C=O) groups excluding carboxylic acids is 2. The van der Waals surface area contributed by atoms with Gasteiger partial charge in [0.25, 0.3) is 0 Å². The molecule has 118 valence electrons. The van der Waals surface area contributed by atoms with Crippen LogP contribution in [0.3, 0.4) is 0 Å². The summed E-state index contributed by atoms with van der Waals surface area (Å²) < 4.78 is 0. The maximum absolute atomic E-state index is 11.9. The van der Waals surface area contributed by atoms with Crippen LogP contribution in [0.1, 0.15) is 19.3 Å². The first-order valence-corrected chi connectivity index (χ1v) is 7.57. The molecule has 1 amide bonds. The third-order valence-electron chi connectivity index (χ3n) is 3.11. The van der Waals surface area contributed by atoms with E-state index in [1.165, 1.54) is 11.8 Å². The predicted molar refractivity (Wildman–Crippen MR) is 74.9 cm³/mol. The highest BCUT2D eigenvalue weighted by Crippen LogP contribution is 2.19. The van der Waals surface area contributed by atoms with E-state index in [-0.39, 0.29) is 30.8 Å². The van der Waals surface area contributed by atoms with Gasteiger partial charge in [-0.2, -0.15) is 11.8 Å². The van der Waals surface area contributed by atoms with Gasteiger partial charge in [-0.05, 0) is 6.42 Å². The molecule has 3 atom stereocenters. The lowest BCUT2D eigenvalue weighted by atomic mass is 9.99. The molecular weight excluding hydrogens is 300 g/mol. The molecule has 1 rings (SSSR count). The zero-order chi connectivity index (χ0) is 16.0. The van der Waals surface area contributed by atoms with Crippen molar-refractivity contribution in [1.82, 2.24) is 5.32 Å². The third-order valence-corrected chi connectivity index (χ3v) is 4.32. The molecule has 0 bridgehead atoms. The van der Waals surface area contributed by atoms with E-state index in [4.69, 9.17) is 15.9 Å². The van der Waals surface area contributed by atoms with Gasteiger partial charge in [-0.25, -0.2) is 4.79 Å². The number of Topliss-reactive ketones (excluding diaryl/α,β-unsaturated/α-hetero) is 1. The standard InChI is InChI=1S/C12H18N2O6S/c13-8(11(17)18)2-1-7(15)3-6-4-21-5-9(12(19)20)14-10(6)16/h6,8-9H,1-5,13H2,(H,14,16)(H,17,18)(H,19,20)/t6-,8-,9+/m0/s1. The van der Waals surface area contributed by atoms with Gasteiger partial charge in [0, 0.05) is 24.3 Å². The topological polar surface area (TPSA) is 147 Å². The second-order valence-electron chi connectivity index (χ2n) is 4.86. The lowest BCUT2D eigenvalue weighted by Crippen LogP contribution is -2.43. The van der Waals surface area contributed by atoms with E-state index in [9.17, 15) is 19.2 Å². The summed E-state index contributed by atoms with van der Waals surface area (Å²) in [5.41, 5.74) is 5.30. The minimum absolute atomic E-state index is 0.00965. The van der Waals surface area contributed by atoms with Gasteiger partial charge in [0.1, 0.15) is 17.9 Å². The molecule has 5 N–H and O–H groups in total. The second kappa shape index (κ2) is 7.99. The molecule has 0 aromatic rings. The zero-order valence-electron chi connectivity index (χ0n) is 11.3. The van der Waals surface area contributed by atoms with Crippen LogP contribution >= 0.6 is 11.8 Å². The first-order valence-electron chi connectivity index (χ1n) is 6.42. The van der Waals surface area contributed by atoms with Crippen LogP contribution in [-0.2, 0) is 19.2 Å². The van der Waals surface area contributed by atoms with Crippen molar-refractivity contribution < 1.29 is 29.4 Å². The Morgan fingerprint density at radius 3 is 2.57 bits per heavy atom.